The number of unbranched alkanes of at least 4 members (excludes halogenated alkanes) is 5. The first kappa shape index (κ1) is 86.5. The van der Waals surface area contributed by atoms with Crippen molar-refractivity contribution in [2.24, 2.45) is 23.5 Å². The predicted octanol–water partition coefficient (Wildman–Crippen LogP) is -4.28. The van der Waals surface area contributed by atoms with Gasteiger partial charge in [-0.25, -0.2) is 0 Å². The number of nitrogens with two attached hydrogens (primary N) is 1. The number of hydrogen-bond donors (Lipinski definition) is 20. The number of nitrogens with one attached hydrogen (secondary N) is 10. The maximum Gasteiger partial charge on any atom is 0.248 e. The lowest BCUT2D eigenvalue weighted by atomic mass is 9.91. The molecule has 0 bridgehead atoms. The lowest BCUT2D eigenvalue weighted by molar-refractivity contribution is -0.148. The molecule has 11 amide bonds. The van der Waals surface area contributed by atoms with Crippen LogP contribution >= 0.6 is 11.8 Å². The highest BCUT2D eigenvalue weighted by atomic mass is 32.2. The molecule has 34 heteroatoms. The molecule has 19 atom stereocenters. The summed E-state index contributed by atoms with van der Waals surface area (Å²) in [6.07, 6.45) is -6.82. The fourth-order valence-electron chi connectivity index (χ4n) is 12.6. The Labute approximate surface area is 594 Å². The number of thioether (sulfide) groups is 1. The Morgan fingerprint density at radius 2 is 1.32 bits per heavy atom. The van der Waals surface area contributed by atoms with Gasteiger partial charge in [0.2, 0.25) is 65.5 Å². The second-order valence-electron chi connectivity index (χ2n) is 27.3. The van der Waals surface area contributed by atoms with Crippen molar-refractivity contribution in [1.82, 2.24) is 63.0 Å². The zero-order chi connectivity index (χ0) is 75.2. The van der Waals surface area contributed by atoms with Crippen molar-refractivity contribution < 1.29 is 98.7 Å². The standard InChI is InChI=1S/C67H113N13O20S/c1-8-37(4)30-38(5)15-13-11-9-10-12-14-16-51(89)72-45-32-50(88)58(69-26-24-68)78-65(98)55-49(87)22-27-79(55)67(100)53(48(86)21-25-70-59(92)46(34-81)74-61(94)44(29-36(2)3)73-60(93)43(71-35-82)23-28-101-7)76-64(97)54(57(91)56(90)40-17-19-41(84)20-18-40)77-63(96)47-31-42(85)33-80(47)66(99)52(39(6)83)75-62(45)95/h17-20,35-39,42-50,52-58,69,81,83-88,90-91H,8-16,21-34,68H2,1-7H3,(H,70,92)(H,71,82)(H,72,89)(H,73,93)(H,74,94)(H,75,95)(H,76,97)(H,77,96)(H,78,98)/t37-,38+,39+,42+,43-,44-,45-,46-,47-,48+,49-,50+,52-,53-,54-,55-,56-,57-,58-/m0/s1. The normalized spacial score (nSPS) is 25.4. The average molecular weight is 1450 g/mol. The summed E-state index contributed by atoms with van der Waals surface area (Å²) in [6, 6.07) is -11.5. The van der Waals surface area contributed by atoms with E-state index in [1.54, 1.807) is 20.1 Å². The van der Waals surface area contributed by atoms with Crippen molar-refractivity contribution >= 4 is 77.2 Å². The van der Waals surface area contributed by atoms with Crippen LogP contribution in [0.5, 0.6) is 5.75 Å². The fraction of sp³-hybridized carbons (Fsp3) is 0.746. The summed E-state index contributed by atoms with van der Waals surface area (Å²) in [4.78, 5) is 157. The van der Waals surface area contributed by atoms with Crippen LogP contribution in [-0.2, 0) is 52.7 Å². The first-order chi connectivity index (χ1) is 47.9. The third-order valence-electron chi connectivity index (χ3n) is 18.5. The number of phenols is 1. The average Bonchev–Trinajstić information content (AvgIpc) is 1.72. The van der Waals surface area contributed by atoms with Gasteiger partial charge in [0, 0.05) is 52.0 Å². The summed E-state index contributed by atoms with van der Waals surface area (Å²) in [5.74, 6) is -9.67. The number of benzene rings is 1. The van der Waals surface area contributed by atoms with Crippen LogP contribution in [-0.4, -0.2) is 270 Å². The monoisotopic (exact) mass is 1450 g/mol. The lowest BCUT2D eigenvalue weighted by Crippen LogP contribution is -2.65. The molecule has 1 aromatic carbocycles. The lowest BCUT2D eigenvalue weighted by Gasteiger charge is -2.35. The molecule has 0 unspecified atom stereocenters. The SMILES string of the molecule is CC[C@H](C)C[C@H](C)CCCCCCCCC(=O)N[C@H]1C[C@@H](O)[C@@H](NCCN)NC(=O)[C@@H]2[C@@H](O)CCN2C(=O)[C@H]([C@H](O)CCNC(=O)[C@H](CO)NC(=O)[C@H](CC(C)C)NC(=O)[C@H](CCSC)NC=O)NC(=O)[C@H]([C@H](O)[C@@H](O)c2ccc(O)cc2)NC(=O)[C@@H]2C[C@@H](O)CN2C(=O)[C@H]([C@@H](C)O)NC1=O. The minimum absolute atomic E-state index is 0.0506. The molecule has 21 N–H and O–H groups in total. The smallest absolute Gasteiger partial charge is 0.248 e. The molecule has 0 aliphatic carbocycles. The number of phenolic OH excluding ortho intramolecular Hbond substituents is 1. The van der Waals surface area contributed by atoms with Crippen molar-refractivity contribution in [2.45, 2.75) is 248 Å². The number of nitrogens with zero attached hydrogens (tertiary/aromatic N) is 2. The highest BCUT2D eigenvalue weighted by Gasteiger charge is 2.49. The maximum atomic E-state index is 15.2. The maximum absolute atomic E-state index is 15.2. The first-order valence-corrected chi connectivity index (χ1v) is 36.6. The van der Waals surface area contributed by atoms with Gasteiger partial charge in [0.15, 0.2) is 0 Å². The number of aromatic hydroxyl groups is 1. The van der Waals surface area contributed by atoms with E-state index in [-0.39, 0.29) is 56.0 Å². The quantitative estimate of drug-likeness (QED) is 0.0221. The van der Waals surface area contributed by atoms with Crippen molar-refractivity contribution in [3.63, 3.8) is 0 Å². The fourth-order valence-corrected chi connectivity index (χ4v) is 13.1. The van der Waals surface area contributed by atoms with Crippen LogP contribution in [0.4, 0.5) is 0 Å². The number of carbonyl (C=O) groups excluding carboxylic acids is 11. The first-order valence-electron chi connectivity index (χ1n) is 35.2. The predicted molar refractivity (Wildman–Crippen MR) is 371 cm³/mol. The van der Waals surface area contributed by atoms with Crippen LogP contribution in [0, 0.1) is 17.8 Å². The molecule has 0 spiro atoms. The molecular weight excluding hydrogens is 1340 g/mol. The Bertz CT molecular complexity index is 2830. The van der Waals surface area contributed by atoms with Crippen LogP contribution < -0.4 is 58.9 Å². The molecule has 3 heterocycles. The second kappa shape index (κ2) is 43.9. The van der Waals surface area contributed by atoms with Gasteiger partial charge in [-0.15, -0.1) is 0 Å². The molecule has 3 aliphatic heterocycles. The van der Waals surface area contributed by atoms with Crippen LogP contribution in [0.2, 0.25) is 0 Å². The summed E-state index contributed by atoms with van der Waals surface area (Å²) in [5, 5.41) is 127. The van der Waals surface area contributed by atoms with Gasteiger partial charge in [0.1, 0.15) is 78.5 Å². The van der Waals surface area contributed by atoms with Gasteiger partial charge >= 0.3 is 0 Å². The van der Waals surface area contributed by atoms with Crippen LogP contribution in [0.1, 0.15) is 156 Å². The van der Waals surface area contributed by atoms with Gasteiger partial charge in [-0.2, -0.15) is 11.8 Å². The molecule has 0 saturated carbocycles. The number of amides is 11. The number of carbonyl (C=O) groups is 11. The molecule has 0 aromatic heterocycles. The van der Waals surface area contributed by atoms with E-state index in [0.29, 0.717) is 36.8 Å². The number of aliphatic hydroxyl groups is 8. The van der Waals surface area contributed by atoms with E-state index in [2.05, 4.69) is 73.9 Å². The molecule has 33 nitrogen and oxygen atoms in total. The van der Waals surface area contributed by atoms with E-state index in [1.165, 1.54) is 18.2 Å². The molecule has 0 radical (unpaired) electrons. The van der Waals surface area contributed by atoms with Gasteiger partial charge in [-0.1, -0.05) is 91.7 Å². The van der Waals surface area contributed by atoms with Crippen molar-refractivity contribution in [3.8, 4) is 5.75 Å². The molecule has 572 valence electrons. The van der Waals surface area contributed by atoms with Gasteiger partial charge in [0.25, 0.3) is 0 Å². The van der Waals surface area contributed by atoms with E-state index < -0.39 is 208 Å². The number of fused-ring (bicyclic) bond motifs is 2. The molecule has 3 aliphatic rings. The Morgan fingerprint density at radius 3 is 1.94 bits per heavy atom. The highest BCUT2D eigenvalue weighted by Crippen LogP contribution is 2.27. The number of hydrogen-bond acceptors (Lipinski definition) is 23. The van der Waals surface area contributed by atoms with E-state index in [4.69, 9.17) is 5.73 Å². The van der Waals surface area contributed by atoms with E-state index >= 15 is 9.59 Å². The van der Waals surface area contributed by atoms with Crippen molar-refractivity contribution in [2.75, 3.05) is 51.3 Å². The topological polar surface area (TPSA) is 523 Å². The molecule has 101 heavy (non-hydrogen) atoms. The van der Waals surface area contributed by atoms with E-state index in [1.807, 2.05) is 0 Å². The molecule has 1 aromatic rings. The van der Waals surface area contributed by atoms with Crippen LogP contribution in [0.25, 0.3) is 0 Å². The number of aliphatic hydroxyl groups excluding tert-OH is 8. The summed E-state index contributed by atoms with van der Waals surface area (Å²) >= 11 is 1.41. The van der Waals surface area contributed by atoms with Gasteiger partial charge in [0.05, 0.1) is 37.1 Å². The molecule has 4 rings (SSSR count). The van der Waals surface area contributed by atoms with E-state index in [9.17, 15) is 89.1 Å². The Hall–Kier alpha value is -6.86. The minimum atomic E-state index is -2.43. The summed E-state index contributed by atoms with van der Waals surface area (Å²) in [5.41, 5.74) is 5.71. The summed E-state index contributed by atoms with van der Waals surface area (Å²) < 4.78 is 0. The zero-order valence-electron chi connectivity index (χ0n) is 59.1. The summed E-state index contributed by atoms with van der Waals surface area (Å²) in [7, 11) is 0. The van der Waals surface area contributed by atoms with Crippen molar-refractivity contribution in [1.29, 1.82) is 0 Å². The minimum Gasteiger partial charge on any atom is -0.508 e. The third kappa shape index (κ3) is 27.4. The van der Waals surface area contributed by atoms with Gasteiger partial charge < -0.3 is 109 Å². The Kier molecular flexibility index (Phi) is 37.7. The van der Waals surface area contributed by atoms with Gasteiger partial charge in [-0.3, -0.25) is 58.1 Å². The van der Waals surface area contributed by atoms with Gasteiger partial charge in [-0.05, 0) is 92.9 Å². The van der Waals surface area contributed by atoms with Crippen molar-refractivity contribution in [3.05, 3.63) is 29.8 Å². The highest BCUT2D eigenvalue weighted by molar-refractivity contribution is 7.98. The van der Waals surface area contributed by atoms with E-state index in [0.717, 1.165) is 79.5 Å². The largest absolute Gasteiger partial charge is 0.508 e. The second-order valence-corrected chi connectivity index (χ2v) is 28.3. The molecule has 3 fully saturated rings. The zero-order valence-corrected chi connectivity index (χ0v) is 59.9. The molecule has 3 saturated heterocycles. The van der Waals surface area contributed by atoms with Crippen LogP contribution in [0.15, 0.2) is 24.3 Å². The Balaban J connectivity index is 1.77. The third-order valence-corrected chi connectivity index (χ3v) is 19.2. The summed E-state index contributed by atoms with van der Waals surface area (Å²) in [6.45, 7) is 8.37. The Morgan fingerprint density at radius 1 is 0.693 bits per heavy atom. The molecular formula is C67H113N13O20S. The van der Waals surface area contributed by atoms with Crippen LogP contribution in [0.3, 0.4) is 0 Å². The number of rotatable bonds is 37.